The normalized spacial score (nSPS) is 28.1. The second kappa shape index (κ2) is 5.07. The first kappa shape index (κ1) is 15.4. The SMILES string of the molecule is C[C@H]1CN[C@H]2c3ccc(C(F)(F)F)c(F)c3O[C@H]2C1.Cl. The summed E-state index contributed by atoms with van der Waals surface area (Å²) < 4.78 is 57.3. The Bertz CT molecular complexity index is 520. The average molecular weight is 312 g/mol. The van der Waals surface area contributed by atoms with E-state index < -0.39 is 17.6 Å². The van der Waals surface area contributed by atoms with Crippen molar-refractivity contribution < 1.29 is 22.3 Å². The topological polar surface area (TPSA) is 21.3 Å². The predicted molar refractivity (Wildman–Crippen MR) is 67.6 cm³/mol. The molecule has 0 spiro atoms. The van der Waals surface area contributed by atoms with Crippen molar-refractivity contribution in [2.45, 2.75) is 31.7 Å². The molecule has 1 aromatic carbocycles. The maximum atomic E-state index is 13.9. The summed E-state index contributed by atoms with van der Waals surface area (Å²) in [5, 5.41) is 3.20. The van der Waals surface area contributed by atoms with Crippen LogP contribution in [0.2, 0.25) is 0 Å². The number of benzene rings is 1. The van der Waals surface area contributed by atoms with Crippen LogP contribution in [0.1, 0.15) is 30.5 Å². The number of hydrogen-bond acceptors (Lipinski definition) is 2. The summed E-state index contributed by atoms with van der Waals surface area (Å²) >= 11 is 0. The van der Waals surface area contributed by atoms with Crippen molar-refractivity contribution >= 4 is 12.4 Å². The number of nitrogens with one attached hydrogen (secondary N) is 1. The fourth-order valence-corrected chi connectivity index (χ4v) is 2.81. The molecule has 0 unspecified atom stereocenters. The third kappa shape index (κ3) is 2.35. The molecule has 3 rings (SSSR count). The first-order valence-electron chi connectivity index (χ1n) is 6.17. The van der Waals surface area contributed by atoms with Crippen LogP contribution < -0.4 is 10.1 Å². The van der Waals surface area contributed by atoms with Crippen molar-refractivity contribution in [3.05, 3.63) is 29.1 Å². The minimum absolute atomic E-state index is 0. The molecule has 7 heteroatoms. The van der Waals surface area contributed by atoms with Crippen molar-refractivity contribution in [3.63, 3.8) is 0 Å². The lowest BCUT2D eigenvalue weighted by Crippen LogP contribution is -2.41. The van der Waals surface area contributed by atoms with Crippen LogP contribution in [0.15, 0.2) is 12.1 Å². The third-order valence-corrected chi connectivity index (χ3v) is 3.73. The van der Waals surface area contributed by atoms with Crippen molar-refractivity contribution in [1.82, 2.24) is 5.32 Å². The number of hydrogen-bond donors (Lipinski definition) is 1. The molecule has 1 N–H and O–H groups in total. The molecule has 0 bridgehead atoms. The molecule has 0 amide bonds. The molecule has 20 heavy (non-hydrogen) atoms. The average Bonchev–Trinajstić information content (AvgIpc) is 2.66. The number of rotatable bonds is 0. The minimum Gasteiger partial charge on any atom is -0.485 e. The van der Waals surface area contributed by atoms with E-state index in [2.05, 4.69) is 5.32 Å². The Balaban J connectivity index is 0.00000147. The fraction of sp³-hybridized carbons (Fsp3) is 0.538. The Labute approximate surface area is 119 Å². The highest BCUT2D eigenvalue weighted by molar-refractivity contribution is 5.85. The number of ether oxygens (including phenoxy) is 1. The molecule has 1 fully saturated rings. The van der Waals surface area contributed by atoms with Gasteiger partial charge in [-0.3, -0.25) is 0 Å². The summed E-state index contributed by atoms with van der Waals surface area (Å²) in [5.74, 6) is -1.18. The van der Waals surface area contributed by atoms with Gasteiger partial charge in [-0.25, -0.2) is 4.39 Å². The standard InChI is InChI=1S/C13H13F4NO.ClH/c1-6-4-9-11(18-5-6)7-2-3-8(13(15,16)17)10(14)12(7)19-9;/h2-3,6,9,11,18H,4-5H2,1H3;1H/t6-,9+,11+;/m1./s1. The van der Waals surface area contributed by atoms with E-state index >= 15 is 0 Å². The van der Waals surface area contributed by atoms with Crippen LogP contribution in [0.25, 0.3) is 0 Å². The van der Waals surface area contributed by atoms with Crippen LogP contribution in [-0.4, -0.2) is 12.6 Å². The summed E-state index contributed by atoms with van der Waals surface area (Å²) in [5.41, 5.74) is -0.777. The zero-order chi connectivity index (χ0) is 13.8. The Morgan fingerprint density at radius 2 is 2.00 bits per heavy atom. The molecule has 2 nitrogen and oxygen atoms in total. The lowest BCUT2D eigenvalue weighted by molar-refractivity contribution is -0.140. The van der Waals surface area contributed by atoms with E-state index in [0.717, 1.165) is 12.6 Å². The van der Waals surface area contributed by atoms with Crippen LogP contribution in [0, 0.1) is 11.7 Å². The summed E-state index contributed by atoms with van der Waals surface area (Å²) in [4.78, 5) is 0. The Morgan fingerprint density at radius 3 is 2.65 bits per heavy atom. The van der Waals surface area contributed by atoms with Gasteiger partial charge in [0.05, 0.1) is 11.6 Å². The lowest BCUT2D eigenvalue weighted by atomic mass is 9.91. The van der Waals surface area contributed by atoms with Crippen LogP contribution in [0.3, 0.4) is 0 Å². The van der Waals surface area contributed by atoms with Gasteiger partial charge in [0.1, 0.15) is 6.10 Å². The predicted octanol–water partition coefficient (Wildman–Crippen LogP) is 3.70. The molecule has 0 saturated carbocycles. The Hall–Kier alpha value is -1.01. The van der Waals surface area contributed by atoms with Gasteiger partial charge in [-0.05, 0) is 24.9 Å². The first-order chi connectivity index (χ1) is 8.88. The summed E-state index contributed by atoms with van der Waals surface area (Å²) in [7, 11) is 0. The van der Waals surface area contributed by atoms with Gasteiger partial charge in [0.25, 0.3) is 0 Å². The fourth-order valence-electron chi connectivity index (χ4n) is 2.81. The van der Waals surface area contributed by atoms with Crippen molar-refractivity contribution in [2.24, 2.45) is 5.92 Å². The third-order valence-electron chi connectivity index (χ3n) is 3.73. The van der Waals surface area contributed by atoms with E-state index in [4.69, 9.17) is 4.74 Å². The molecule has 112 valence electrons. The van der Waals surface area contributed by atoms with Crippen LogP contribution in [0.4, 0.5) is 17.6 Å². The van der Waals surface area contributed by atoms with Gasteiger partial charge in [-0.1, -0.05) is 13.0 Å². The van der Waals surface area contributed by atoms with Gasteiger partial charge >= 0.3 is 6.18 Å². The summed E-state index contributed by atoms with van der Waals surface area (Å²) in [6.07, 6.45) is -4.26. The molecule has 0 aliphatic carbocycles. The number of fused-ring (bicyclic) bond motifs is 3. The van der Waals surface area contributed by atoms with E-state index in [-0.39, 0.29) is 30.3 Å². The highest BCUT2D eigenvalue weighted by atomic mass is 35.5. The molecular formula is C13H14ClF4NO. The molecule has 1 aromatic rings. The highest BCUT2D eigenvalue weighted by Crippen LogP contribution is 2.45. The molecule has 1 saturated heterocycles. The van der Waals surface area contributed by atoms with Crippen LogP contribution in [-0.2, 0) is 6.18 Å². The lowest BCUT2D eigenvalue weighted by Gasteiger charge is -2.29. The van der Waals surface area contributed by atoms with Crippen molar-refractivity contribution in [3.8, 4) is 5.75 Å². The monoisotopic (exact) mass is 311 g/mol. The molecule has 0 aromatic heterocycles. The van der Waals surface area contributed by atoms with Gasteiger partial charge in [0, 0.05) is 5.56 Å². The number of piperidine rings is 1. The van der Waals surface area contributed by atoms with E-state index in [1.54, 1.807) is 0 Å². The smallest absolute Gasteiger partial charge is 0.419 e. The second-order valence-electron chi connectivity index (χ2n) is 5.23. The summed E-state index contributed by atoms with van der Waals surface area (Å²) in [6, 6.07) is 1.90. The zero-order valence-corrected chi connectivity index (χ0v) is 11.4. The van der Waals surface area contributed by atoms with Gasteiger partial charge in [-0.15, -0.1) is 12.4 Å². The van der Waals surface area contributed by atoms with Crippen molar-refractivity contribution in [2.75, 3.05) is 6.54 Å². The van der Waals surface area contributed by atoms with Gasteiger partial charge in [0.2, 0.25) is 0 Å². The zero-order valence-electron chi connectivity index (χ0n) is 10.6. The maximum absolute atomic E-state index is 13.9. The summed E-state index contributed by atoms with van der Waals surface area (Å²) in [6.45, 7) is 2.78. The largest absolute Gasteiger partial charge is 0.485 e. The molecule has 2 aliphatic heterocycles. The maximum Gasteiger partial charge on any atom is 0.419 e. The van der Waals surface area contributed by atoms with Gasteiger partial charge in [-0.2, -0.15) is 13.2 Å². The number of halogens is 5. The van der Waals surface area contributed by atoms with Crippen LogP contribution in [0.5, 0.6) is 5.75 Å². The Kier molecular flexibility index (Phi) is 3.90. The molecule has 3 atom stereocenters. The van der Waals surface area contributed by atoms with Crippen LogP contribution >= 0.6 is 12.4 Å². The molecular weight excluding hydrogens is 298 g/mol. The first-order valence-corrected chi connectivity index (χ1v) is 6.17. The molecule has 0 radical (unpaired) electrons. The van der Waals surface area contributed by atoms with E-state index in [1.165, 1.54) is 6.07 Å². The number of alkyl halides is 3. The van der Waals surface area contributed by atoms with E-state index in [1.807, 2.05) is 6.92 Å². The minimum atomic E-state index is -4.70. The van der Waals surface area contributed by atoms with Gasteiger partial charge < -0.3 is 10.1 Å². The van der Waals surface area contributed by atoms with E-state index in [0.29, 0.717) is 17.9 Å². The molecule has 2 aliphatic rings. The van der Waals surface area contributed by atoms with Crippen molar-refractivity contribution in [1.29, 1.82) is 0 Å². The quantitative estimate of drug-likeness (QED) is 0.738. The highest BCUT2D eigenvalue weighted by Gasteiger charge is 2.43. The molecule has 2 heterocycles. The van der Waals surface area contributed by atoms with E-state index in [9.17, 15) is 17.6 Å². The Morgan fingerprint density at radius 1 is 1.30 bits per heavy atom. The second-order valence-corrected chi connectivity index (χ2v) is 5.23. The van der Waals surface area contributed by atoms with Gasteiger partial charge in [0.15, 0.2) is 11.6 Å².